The number of aromatic nitrogens is 2. The molecule has 0 aliphatic rings. The molecule has 100 valence electrons. The molecule has 0 aliphatic carbocycles. The number of likely N-dealkylation sites (N-methyl/N-ethyl adjacent to an activating group) is 1. The zero-order chi connectivity index (χ0) is 14.0. The van der Waals surface area contributed by atoms with Crippen LogP contribution in [0.5, 0.6) is 0 Å². The largest absolute Gasteiger partial charge is 0.328 e. The Morgan fingerprint density at radius 1 is 1.37 bits per heavy atom. The number of benzene rings is 1. The van der Waals surface area contributed by atoms with Gasteiger partial charge in [0.2, 0.25) is 0 Å². The molecular formula is C15H20N4. The van der Waals surface area contributed by atoms with E-state index in [1.54, 1.807) is 0 Å². The van der Waals surface area contributed by atoms with Crippen molar-refractivity contribution in [2.24, 2.45) is 0 Å². The van der Waals surface area contributed by atoms with Crippen molar-refractivity contribution in [3.8, 4) is 6.07 Å². The van der Waals surface area contributed by atoms with E-state index in [1.165, 1.54) is 11.1 Å². The number of rotatable bonds is 4. The Bertz CT molecular complexity index is 635. The third kappa shape index (κ3) is 2.61. The number of hydrogen-bond donors (Lipinski definition) is 1. The summed E-state index contributed by atoms with van der Waals surface area (Å²) < 4.78 is 2.05. The van der Waals surface area contributed by atoms with Crippen LogP contribution in [0.15, 0.2) is 18.5 Å². The molecule has 2 rings (SSSR count). The molecule has 1 atom stereocenters. The Balaban J connectivity index is 2.41. The summed E-state index contributed by atoms with van der Waals surface area (Å²) >= 11 is 0. The normalized spacial score (nSPS) is 14.3. The van der Waals surface area contributed by atoms with E-state index < -0.39 is 5.54 Å². The molecule has 1 heterocycles. The molecule has 0 spiro atoms. The van der Waals surface area contributed by atoms with Crippen LogP contribution in [-0.2, 0) is 6.54 Å². The van der Waals surface area contributed by atoms with E-state index in [-0.39, 0.29) is 0 Å². The topological polar surface area (TPSA) is 53.6 Å². The van der Waals surface area contributed by atoms with Crippen LogP contribution < -0.4 is 5.32 Å². The molecule has 1 aromatic carbocycles. The molecule has 4 nitrogen and oxygen atoms in total. The summed E-state index contributed by atoms with van der Waals surface area (Å²) in [7, 11) is 0. The van der Waals surface area contributed by atoms with E-state index in [0.29, 0.717) is 6.54 Å². The van der Waals surface area contributed by atoms with Gasteiger partial charge in [-0.15, -0.1) is 0 Å². The van der Waals surface area contributed by atoms with Crippen LogP contribution in [0.3, 0.4) is 0 Å². The van der Waals surface area contributed by atoms with Gasteiger partial charge in [0.25, 0.3) is 0 Å². The highest BCUT2D eigenvalue weighted by Crippen LogP contribution is 2.20. The average Bonchev–Trinajstić information content (AvgIpc) is 2.73. The fraction of sp³-hybridized carbons (Fsp3) is 0.467. The summed E-state index contributed by atoms with van der Waals surface area (Å²) in [5.41, 5.74) is 3.99. The van der Waals surface area contributed by atoms with Gasteiger partial charge in [0.05, 0.1) is 30.0 Å². The van der Waals surface area contributed by atoms with Crippen LogP contribution >= 0.6 is 0 Å². The van der Waals surface area contributed by atoms with Crippen molar-refractivity contribution in [3.63, 3.8) is 0 Å². The zero-order valence-electron chi connectivity index (χ0n) is 12.0. The summed E-state index contributed by atoms with van der Waals surface area (Å²) in [6.45, 7) is 9.48. The minimum atomic E-state index is -0.568. The Hall–Kier alpha value is -1.86. The van der Waals surface area contributed by atoms with Gasteiger partial charge in [-0.25, -0.2) is 4.98 Å². The molecule has 0 aliphatic heterocycles. The quantitative estimate of drug-likeness (QED) is 0.914. The minimum Gasteiger partial charge on any atom is -0.328 e. The molecule has 0 fully saturated rings. The first-order valence-electron chi connectivity index (χ1n) is 6.57. The van der Waals surface area contributed by atoms with Crippen LogP contribution in [0.4, 0.5) is 0 Å². The van der Waals surface area contributed by atoms with Crippen LogP contribution in [0.25, 0.3) is 11.0 Å². The van der Waals surface area contributed by atoms with Crippen LogP contribution in [0.2, 0.25) is 0 Å². The number of nitrogens with one attached hydrogen (secondary N) is 1. The van der Waals surface area contributed by atoms with E-state index in [0.717, 1.165) is 17.6 Å². The molecule has 1 aromatic heterocycles. The molecule has 19 heavy (non-hydrogen) atoms. The van der Waals surface area contributed by atoms with Crippen molar-refractivity contribution in [1.82, 2.24) is 14.9 Å². The fourth-order valence-electron chi connectivity index (χ4n) is 2.30. The molecule has 1 N–H and O–H groups in total. The number of fused-ring (bicyclic) bond motifs is 1. The monoisotopic (exact) mass is 256 g/mol. The number of hydrogen-bond acceptors (Lipinski definition) is 3. The third-order valence-electron chi connectivity index (χ3n) is 3.54. The summed E-state index contributed by atoms with van der Waals surface area (Å²) in [5.74, 6) is 0. The van der Waals surface area contributed by atoms with Gasteiger partial charge in [-0.1, -0.05) is 6.92 Å². The van der Waals surface area contributed by atoms with Crippen LogP contribution in [-0.4, -0.2) is 21.6 Å². The van der Waals surface area contributed by atoms with Crippen molar-refractivity contribution < 1.29 is 0 Å². The summed E-state index contributed by atoms with van der Waals surface area (Å²) in [5, 5.41) is 12.6. The molecule has 2 aromatic rings. The molecule has 0 saturated heterocycles. The highest BCUT2D eigenvalue weighted by atomic mass is 15.1. The second-order valence-electron chi connectivity index (χ2n) is 5.27. The van der Waals surface area contributed by atoms with E-state index in [2.05, 4.69) is 42.4 Å². The lowest BCUT2D eigenvalue weighted by molar-refractivity contribution is 0.402. The Morgan fingerprint density at radius 2 is 2.05 bits per heavy atom. The minimum absolute atomic E-state index is 0.568. The fourth-order valence-corrected chi connectivity index (χ4v) is 2.30. The average molecular weight is 256 g/mol. The maximum Gasteiger partial charge on any atom is 0.122 e. The lowest BCUT2D eigenvalue weighted by Crippen LogP contribution is -2.44. The number of nitriles is 1. The second-order valence-corrected chi connectivity index (χ2v) is 5.27. The molecule has 0 amide bonds. The lowest BCUT2D eigenvalue weighted by atomic mass is 10.0. The highest BCUT2D eigenvalue weighted by molar-refractivity contribution is 5.77. The first-order valence-corrected chi connectivity index (χ1v) is 6.57. The van der Waals surface area contributed by atoms with Crippen LogP contribution in [0, 0.1) is 25.2 Å². The second kappa shape index (κ2) is 5.02. The van der Waals surface area contributed by atoms with Crippen molar-refractivity contribution in [2.45, 2.75) is 39.8 Å². The van der Waals surface area contributed by atoms with Crippen molar-refractivity contribution in [3.05, 3.63) is 29.6 Å². The van der Waals surface area contributed by atoms with Crippen LogP contribution in [0.1, 0.15) is 25.0 Å². The van der Waals surface area contributed by atoms with Crippen molar-refractivity contribution in [1.29, 1.82) is 5.26 Å². The number of nitrogens with zero attached hydrogens (tertiary/aromatic N) is 3. The summed E-state index contributed by atoms with van der Waals surface area (Å²) in [6, 6.07) is 6.58. The highest BCUT2D eigenvalue weighted by Gasteiger charge is 2.23. The van der Waals surface area contributed by atoms with Crippen molar-refractivity contribution >= 4 is 11.0 Å². The van der Waals surface area contributed by atoms with E-state index in [4.69, 9.17) is 0 Å². The first kappa shape index (κ1) is 13.6. The Labute approximate surface area is 114 Å². The van der Waals surface area contributed by atoms with Gasteiger partial charge >= 0.3 is 0 Å². The van der Waals surface area contributed by atoms with Gasteiger partial charge in [-0.2, -0.15) is 5.26 Å². The molecular weight excluding hydrogens is 236 g/mol. The molecule has 4 heteroatoms. The molecule has 0 saturated carbocycles. The van der Waals surface area contributed by atoms with Gasteiger partial charge < -0.3 is 4.57 Å². The van der Waals surface area contributed by atoms with Gasteiger partial charge in [0, 0.05) is 0 Å². The third-order valence-corrected chi connectivity index (χ3v) is 3.54. The zero-order valence-corrected chi connectivity index (χ0v) is 12.0. The smallest absolute Gasteiger partial charge is 0.122 e. The molecule has 0 bridgehead atoms. The van der Waals surface area contributed by atoms with Gasteiger partial charge in [-0.05, 0) is 50.6 Å². The maximum absolute atomic E-state index is 9.34. The Kier molecular flexibility index (Phi) is 3.59. The van der Waals surface area contributed by atoms with Gasteiger partial charge in [0.1, 0.15) is 5.54 Å². The maximum atomic E-state index is 9.34. The summed E-state index contributed by atoms with van der Waals surface area (Å²) in [4.78, 5) is 4.42. The number of imidazole rings is 1. The molecule has 0 radical (unpaired) electrons. The SMILES string of the molecule is CCNC(C)(C#N)Cn1cnc2cc(C)c(C)cc21. The number of aryl methyl sites for hydroxylation is 2. The van der Waals surface area contributed by atoms with E-state index in [1.807, 2.05) is 24.7 Å². The Morgan fingerprint density at radius 3 is 2.68 bits per heavy atom. The van der Waals surface area contributed by atoms with E-state index >= 15 is 0 Å². The summed E-state index contributed by atoms with van der Waals surface area (Å²) in [6.07, 6.45) is 1.82. The van der Waals surface area contributed by atoms with Crippen molar-refractivity contribution in [2.75, 3.05) is 6.54 Å². The van der Waals surface area contributed by atoms with Gasteiger partial charge in [-0.3, -0.25) is 5.32 Å². The predicted octanol–water partition coefficient (Wildman–Crippen LogP) is 2.54. The van der Waals surface area contributed by atoms with Gasteiger partial charge in [0.15, 0.2) is 0 Å². The standard InChI is InChI=1S/C15H20N4/c1-5-18-15(4,8-16)9-19-10-17-13-6-11(2)12(3)7-14(13)19/h6-7,10,18H,5,9H2,1-4H3. The lowest BCUT2D eigenvalue weighted by Gasteiger charge is -2.23. The first-order chi connectivity index (χ1) is 8.99. The predicted molar refractivity (Wildman–Crippen MR) is 76.9 cm³/mol. The van der Waals surface area contributed by atoms with E-state index in [9.17, 15) is 5.26 Å². The molecule has 1 unspecified atom stereocenters.